The monoisotopic (exact) mass is 262 g/mol. The highest BCUT2D eigenvalue weighted by Crippen LogP contribution is 2.44. The minimum absolute atomic E-state index is 0.0752. The molecule has 0 saturated carbocycles. The van der Waals surface area contributed by atoms with E-state index in [-0.39, 0.29) is 11.5 Å². The molecule has 0 unspecified atom stereocenters. The first-order valence-electron chi connectivity index (χ1n) is 5.92. The number of hydrogen-bond acceptors (Lipinski definition) is 2. The summed E-state index contributed by atoms with van der Waals surface area (Å²) in [5.41, 5.74) is 3.84. The van der Waals surface area contributed by atoms with E-state index in [1.165, 1.54) is 0 Å². The molecule has 0 atom stereocenters. The highest BCUT2D eigenvalue weighted by Gasteiger charge is 2.43. The summed E-state index contributed by atoms with van der Waals surface area (Å²) in [6, 6.07) is 11.0. The van der Waals surface area contributed by atoms with Gasteiger partial charge in [0.1, 0.15) is 0 Å². The van der Waals surface area contributed by atoms with Crippen LogP contribution in [0, 0.1) is 13.8 Å². The van der Waals surface area contributed by atoms with Gasteiger partial charge in [0.2, 0.25) is 0 Å². The highest BCUT2D eigenvalue weighted by molar-refractivity contribution is 5.71. The minimum atomic E-state index is -3.57. The van der Waals surface area contributed by atoms with Crippen molar-refractivity contribution in [3.8, 4) is 22.6 Å². The molecule has 4 heteroatoms. The summed E-state index contributed by atoms with van der Waals surface area (Å²) < 4.78 is 34.9. The van der Waals surface area contributed by atoms with Crippen LogP contribution in [0.2, 0.25) is 0 Å². The van der Waals surface area contributed by atoms with Gasteiger partial charge in [0.15, 0.2) is 11.5 Å². The standard InChI is InChI=1S/C15H12F2O2/c1-9-3-5-11(6-4-9)12-8-14-13(7-10(12)2)18-15(16,17)19-14/h3-8H,1-2H3. The van der Waals surface area contributed by atoms with Crippen molar-refractivity contribution in [2.45, 2.75) is 20.1 Å². The molecule has 1 aliphatic heterocycles. The van der Waals surface area contributed by atoms with E-state index in [1.54, 1.807) is 12.1 Å². The molecule has 0 bridgehead atoms. The summed E-state index contributed by atoms with van der Waals surface area (Å²) in [4.78, 5) is 0. The predicted octanol–water partition coefficient (Wildman–Crippen LogP) is 4.29. The molecule has 0 amide bonds. The molecular weight excluding hydrogens is 250 g/mol. The van der Waals surface area contributed by atoms with E-state index in [0.29, 0.717) is 0 Å². The smallest absolute Gasteiger partial charge is 0.395 e. The molecule has 2 aromatic carbocycles. The summed E-state index contributed by atoms with van der Waals surface area (Å²) in [7, 11) is 0. The Kier molecular flexibility index (Phi) is 2.49. The summed E-state index contributed by atoms with van der Waals surface area (Å²) in [5, 5.41) is 0. The third-order valence-electron chi connectivity index (χ3n) is 3.11. The minimum Gasteiger partial charge on any atom is -0.395 e. The van der Waals surface area contributed by atoms with Crippen LogP contribution in [0.25, 0.3) is 11.1 Å². The van der Waals surface area contributed by atoms with Gasteiger partial charge in [-0.25, -0.2) is 0 Å². The second-order valence-corrected chi connectivity index (χ2v) is 4.65. The number of fused-ring (bicyclic) bond motifs is 1. The number of aryl methyl sites for hydroxylation is 2. The van der Waals surface area contributed by atoms with E-state index in [4.69, 9.17) is 0 Å². The first-order chi connectivity index (χ1) is 8.94. The molecule has 3 rings (SSSR count). The van der Waals surface area contributed by atoms with Crippen LogP contribution < -0.4 is 9.47 Å². The number of hydrogen-bond donors (Lipinski definition) is 0. The zero-order valence-corrected chi connectivity index (χ0v) is 10.5. The van der Waals surface area contributed by atoms with Gasteiger partial charge in [-0.2, -0.15) is 0 Å². The average molecular weight is 262 g/mol. The predicted molar refractivity (Wildman–Crippen MR) is 67.6 cm³/mol. The second kappa shape index (κ2) is 3.95. The van der Waals surface area contributed by atoms with Gasteiger partial charge in [-0.05, 0) is 42.7 Å². The average Bonchev–Trinajstić information content (AvgIpc) is 2.62. The summed E-state index contributed by atoms with van der Waals surface area (Å²) in [5.74, 6) is 0.157. The van der Waals surface area contributed by atoms with Crippen molar-refractivity contribution in [2.75, 3.05) is 0 Å². The van der Waals surface area contributed by atoms with Crippen molar-refractivity contribution >= 4 is 0 Å². The van der Waals surface area contributed by atoms with Crippen LogP contribution in [-0.2, 0) is 0 Å². The SMILES string of the molecule is Cc1ccc(-c2cc3c(cc2C)OC(F)(F)O3)cc1. The molecule has 0 saturated heterocycles. The Morgan fingerprint density at radius 3 is 2.11 bits per heavy atom. The molecule has 1 heterocycles. The topological polar surface area (TPSA) is 18.5 Å². The lowest BCUT2D eigenvalue weighted by molar-refractivity contribution is -0.286. The molecule has 0 aliphatic carbocycles. The van der Waals surface area contributed by atoms with E-state index < -0.39 is 6.29 Å². The fourth-order valence-electron chi connectivity index (χ4n) is 2.14. The van der Waals surface area contributed by atoms with Crippen LogP contribution in [0.5, 0.6) is 11.5 Å². The molecule has 19 heavy (non-hydrogen) atoms. The molecule has 2 nitrogen and oxygen atoms in total. The van der Waals surface area contributed by atoms with E-state index in [0.717, 1.165) is 22.3 Å². The first-order valence-corrected chi connectivity index (χ1v) is 5.92. The molecule has 0 aromatic heterocycles. The number of ether oxygens (including phenoxy) is 2. The van der Waals surface area contributed by atoms with Crippen molar-refractivity contribution in [3.63, 3.8) is 0 Å². The molecule has 0 fully saturated rings. The van der Waals surface area contributed by atoms with Crippen LogP contribution in [0.1, 0.15) is 11.1 Å². The van der Waals surface area contributed by atoms with Crippen molar-refractivity contribution < 1.29 is 18.3 Å². The number of benzene rings is 2. The Balaban J connectivity index is 2.07. The normalized spacial score (nSPS) is 15.6. The Hall–Kier alpha value is -2.10. The van der Waals surface area contributed by atoms with Crippen LogP contribution in [0.3, 0.4) is 0 Å². The van der Waals surface area contributed by atoms with Gasteiger partial charge in [-0.3, -0.25) is 0 Å². The quantitative estimate of drug-likeness (QED) is 0.763. The van der Waals surface area contributed by atoms with Gasteiger partial charge in [0.25, 0.3) is 0 Å². The van der Waals surface area contributed by atoms with Gasteiger partial charge >= 0.3 is 6.29 Å². The maximum absolute atomic E-state index is 13.0. The Morgan fingerprint density at radius 2 is 1.47 bits per heavy atom. The second-order valence-electron chi connectivity index (χ2n) is 4.65. The van der Waals surface area contributed by atoms with Crippen LogP contribution in [-0.4, -0.2) is 6.29 Å². The fourth-order valence-corrected chi connectivity index (χ4v) is 2.14. The Morgan fingerprint density at radius 1 is 0.895 bits per heavy atom. The van der Waals surface area contributed by atoms with E-state index in [1.807, 2.05) is 38.1 Å². The molecule has 0 radical (unpaired) electrons. The van der Waals surface area contributed by atoms with Crippen molar-refractivity contribution in [3.05, 3.63) is 47.5 Å². The van der Waals surface area contributed by atoms with E-state index in [2.05, 4.69) is 9.47 Å². The lowest BCUT2D eigenvalue weighted by Gasteiger charge is -2.07. The Labute approximate surface area is 109 Å². The number of halogens is 2. The largest absolute Gasteiger partial charge is 0.586 e. The molecule has 98 valence electrons. The Bertz CT molecular complexity index is 633. The third-order valence-corrected chi connectivity index (χ3v) is 3.11. The maximum Gasteiger partial charge on any atom is 0.586 e. The highest BCUT2D eigenvalue weighted by atomic mass is 19.3. The zero-order chi connectivity index (χ0) is 13.6. The molecule has 0 spiro atoms. The van der Waals surface area contributed by atoms with Gasteiger partial charge in [-0.1, -0.05) is 29.8 Å². The van der Waals surface area contributed by atoms with Crippen LogP contribution in [0.15, 0.2) is 36.4 Å². The lowest BCUT2D eigenvalue weighted by atomic mass is 9.99. The van der Waals surface area contributed by atoms with Gasteiger partial charge < -0.3 is 9.47 Å². The van der Waals surface area contributed by atoms with Crippen molar-refractivity contribution in [2.24, 2.45) is 0 Å². The van der Waals surface area contributed by atoms with Gasteiger partial charge in [0.05, 0.1) is 0 Å². The van der Waals surface area contributed by atoms with Crippen LogP contribution >= 0.6 is 0 Å². The molecule has 1 aliphatic rings. The van der Waals surface area contributed by atoms with E-state index in [9.17, 15) is 8.78 Å². The van der Waals surface area contributed by atoms with Crippen molar-refractivity contribution in [1.29, 1.82) is 0 Å². The van der Waals surface area contributed by atoms with E-state index >= 15 is 0 Å². The number of rotatable bonds is 1. The lowest BCUT2D eigenvalue weighted by Crippen LogP contribution is -2.25. The summed E-state index contributed by atoms with van der Waals surface area (Å²) in [6.07, 6.45) is -3.57. The first kappa shape index (κ1) is 12.0. The summed E-state index contributed by atoms with van der Waals surface area (Å²) in [6.45, 7) is 3.85. The fraction of sp³-hybridized carbons (Fsp3) is 0.200. The zero-order valence-electron chi connectivity index (χ0n) is 10.5. The van der Waals surface area contributed by atoms with Gasteiger partial charge in [0, 0.05) is 0 Å². The third kappa shape index (κ3) is 2.14. The molecule has 2 aromatic rings. The van der Waals surface area contributed by atoms with Crippen molar-refractivity contribution in [1.82, 2.24) is 0 Å². The molecular formula is C15H12F2O2. The maximum atomic E-state index is 13.0. The summed E-state index contributed by atoms with van der Waals surface area (Å²) >= 11 is 0. The van der Waals surface area contributed by atoms with Gasteiger partial charge in [-0.15, -0.1) is 8.78 Å². The number of alkyl halides is 2. The molecule has 0 N–H and O–H groups in total. The van der Waals surface area contributed by atoms with Crippen LogP contribution in [0.4, 0.5) is 8.78 Å².